The number of ether oxygens (including phenoxy) is 2. The molecule has 0 saturated carbocycles. The van der Waals surface area contributed by atoms with E-state index in [0.717, 1.165) is 64.8 Å². The number of halogens is 2. The average molecular weight is 662 g/mol. The van der Waals surface area contributed by atoms with E-state index in [9.17, 15) is 0 Å². The van der Waals surface area contributed by atoms with E-state index in [2.05, 4.69) is 134 Å². The molecule has 0 atom stereocenters. The molecule has 0 fully saturated rings. The van der Waals surface area contributed by atoms with Crippen LogP contribution in [0.5, 0.6) is 11.5 Å². The molecule has 0 bridgehead atoms. The van der Waals surface area contributed by atoms with Crippen molar-refractivity contribution in [1.82, 2.24) is 9.97 Å². The molecule has 0 N–H and O–H groups in total. The minimum Gasteiger partial charge on any atom is -0.495 e. The van der Waals surface area contributed by atoms with E-state index >= 15 is 0 Å². The second kappa shape index (κ2) is 10.5. The van der Waals surface area contributed by atoms with Crippen LogP contribution in [-0.2, 0) is 10.8 Å². The molecule has 0 saturated heterocycles. The number of methoxy groups -OCH3 is 2. The first-order chi connectivity index (χ1) is 18.8. The Kier molecular flexibility index (Phi) is 7.47. The topological polar surface area (TPSA) is 44.2 Å². The van der Waals surface area contributed by atoms with Gasteiger partial charge in [0.15, 0.2) is 0 Å². The van der Waals surface area contributed by atoms with Crippen molar-refractivity contribution in [3.63, 3.8) is 0 Å². The smallest absolute Gasteiger partial charge is 0.142 e. The summed E-state index contributed by atoms with van der Waals surface area (Å²) >= 11 is 7.46. The molecule has 0 aliphatic heterocycles. The maximum atomic E-state index is 5.83. The van der Waals surface area contributed by atoms with Crippen molar-refractivity contribution in [2.24, 2.45) is 0 Å². The monoisotopic (exact) mass is 660 g/mol. The molecule has 2 heterocycles. The van der Waals surface area contributed by atoms with E-state index in [1.54, 1.807) is 14.2 Å². The Labute approximate surface area is 253 Å². The number of pyridine rings is 2. The van der Waals surface area contributed by atoms with Gasteiger partial charge in [-0.15, -0.1) is 0 Å². The summed E-state index contributed by atoms with van der Waals surface area (Å²) in [6.45, 7) is 13.2. The zero-order valence-corrected chi connectivity index (χ0v) is 27.4. The Morgan fingerprint density at radius 3 is 1.23 bits per heavy atom. The van der Waals surface area contributed by atoms with Crippen molar-refractivity contribution in [2.45, 2.75) is 52.4 Å². The van der Waals surface area contributed by atoms with Crippen molar-refractivity contribution in [3.8, 4) is 34.0 Å². The number of fused-ring (bicyclic) bond motifs is 3. The highest BCUT2D eigenvalue weighted by molar-refractivity contribution is 9.11. The number of benzene rings is 3. The minimum atomic E-state index is -0.0293. The molecule has 40 heavy (non-hydrogen) atoms. The third kappa shape index (κ3) is 5.24. The molecule has 0 unspecified atom stereocenters. The van der Waals surface area contributed by atoms with E-state index in [1.807, 2.05) is 0 Å². The number of rotatable bonds is 4. The second-order valence-corrected chi connectivity index (χ2v) is 13.9. The predicted molar refractivity (Wildman–Crippen MR) is 174 cm³/mol. The summed E-state index contributed by atoms with van der Waals surface area (Å²) in [7, 11) is 3.39. The highest BCUT2D eigenvalue weighted by Crippen LogP contribution is 2.42. The molecule has 5 aromatic rings. The Bertz CT molecular complexity index is 1640. The summed E-state index contributed by atoms with van der Waals surface area (Å²) in [4.78, 5) is 10.4. The normalized spacial score (nSPS) is 12.2. The van der Waals surface area contributed by atoms with Gasteiger partial charge >= 0.3 is 0 Å². The van der Waals surface area contributed by atoms with Crippen LogP contribution in [-0.4, -0.2) is 24.2 Å². The third-order valence-corrected chi connectivity index (χ3v) is 8.48. The van der Waals surface area contributed by atoms with Crippen molar-refractivity contribution in [2.75, 3.05) is 14.2 Å². The van der Waals surface area contributed by atoms with Gasteiger partial charge in [0.1, 0.15) is 11.5 Å². The average Bonchev–Trinajstić information content (AvgIpc) is 2.90. The summed E-state index contributed by atoms with van der Waals surface area (Å²) in [5.74, 6) is 1.53. The molecule has 206 valence electrons. The van der Waals surface area contributed by atoms with Crippen molar-refractivity contribution in [3.05, 3.63) is 80.7 Å². The number of nitrogens with zero attached hydrogens (tertiary/aromatic N) is 2. The number of aromatic nitrogens is 2. The Hall–Kier alpha value is -2.96. The molecule has 5 rings (SSSR count). The molecule has 6 heteroatoms. The lowest BCUT2D eigenvalue weighted by Gasteiger charge is -2.22. The van der Waals surface area contributed by atoms with Crippen LogP contribution in [0.1, 0.15) is 52.7 Å². The van der Waals surface area contributed by atoms with Crippen LogP contribution < -0.4 is 9.47 Å². The lowest BCUT2D eigenvalue weighted by atomic mass is 9.85. The number of hydrogen-bond acceptors (Lipinski definition) is 4. The van der Waals surface area contributed by atoms with Crippen LogP contribution in [0, 0.1) is 0 Å². The van der Waals surface area contributed by atoms with Gasteiger partial charge in [-0.3, -0.25) is 0 Å². The fourth-order valence-corrected chi connectivity index (χ4v) is 6.16. The highest BCUT2D eigenvalue weighted by atomic mass is 79.9. The first-order valence-electron chi connectivity index (χ1n) is 13.3. The third-order valence-electron chi connectivity index (χ3n) is 7.30. The SMILES string of the molecule is COc1c(Br)cc(C(C)(C)C)cc1-c1ccc2ccc3ccc(-c4cc(C(C)(C)C)cc(Br)c4OC)nc3c2n1. The quantitative estimate of drug-likeness (QED) is 0.180. The fourth-order valence-electron chi connectivity index (χ4n) is 4.92. The summed E-state index contributed by atoms with van der Waals surface area (Å²) < 4.78 is 13.5. The van der Waals surface area contributed by atoms with Gasteiger partial charge in [0.05, 0.1) is 45.6 Å². The first kappa shape index (κ1) is 28.6. The van der Waals surface area contributed by atoms with Gasteiger partial charge in [-0.1, -0.05) is 65.8 Å². The molecule has 4 nitrogen and oxygen atoms in total. The lowest BCUT2D eigenvalue weighted by Crippen LogP contribution is -2.11. The van der Waals surface area contributed by atoms with Crippen LogP contribution in [0.3, 0.4) is 0 Å². The molecular formula is C34H34Br2N2O2. The lowest BCUT2D eigenvalue weighted by molar-refractivity contribution is 0.413. The van der Waals surface area contributed by atoms with Crippen LogP contribution in [0.15, 0.2) is 69.6 Å². The van der Waals surface area contributed by atoms with E-state index < -0.39 is 0 Å². The highest BCUT2D eigenvalue weighted by Gasteiger charge is 2.22. The molecule has 2 aromatic heterocycles. The minimum absolute atomic E-state index is 0.0293. The van der Waals surface area contributed by atoms with Crippen LogP contribution in [0.25, 0.3) is 44.3 Å². The molecule has 0 aliphatic carbocycles. The fraction of sp³-hybridized carbons (Fsp3) is 0.294. The van der Waals surface area contributed by atoms with Crippen molar-refractivity contribution >= 4 is 53.7 Å². The van der Waals surface area contributed by atoms with Gasteiger partial charge in [0, 0.05) is 21.9 Å². The Morgan fingerprint density at radius 1 is 0.550 bits per heavy atom. The van der Waals surface area contributed by atoms with Gasteiger partial charge in [0.2, 0.25) is 0 Å². The predicted octanol–water partition coefficient (Wildman–Crippen LogP) is 10.3. The Balaban J connectivity index is 1.77. The second-order valence-electron chi connectivity index (χ2n) is 12.2. The van der Waals surface area contributed by atoms with Crippen LogP contribution in [0.2, 0.25) is 0 Å². The van der Waals surface area contributed by atoms with Gasteiger partial charge in [-0.05, 0) is 90.2 Å². The molecule has 3 aromatic carbocycles. The van der Waals surface area contributed by atoms with Crippen molar-refractivity contribution < 1.29 is 9.47 Å². The van der Waals surface area contributed by atoms with Gasteiger partial charge in [0.25, 0.3) is 0 Å². The molecule has 0 amide bonds. The molecular weight excluding hydrogens is 628 g/mol. The zero-order valence-electron chi connectivity index (χ0n) is 24.2. The summed E-state index contributed by atoms with van der Waals surface area (Å²) in [5.41, 5.74) is 7.61. The summed E-state index contributed by atoms with van der Waals surface area (Å²) in [6, 6.07) is 21.2. The zero-order chi connectivity index (χ0) is 29.0. The van der Waals surface area contributed by atoms with Crippen LogP contribution in [0.4, 0.5) is 0 Å². The van der Waals surface area contributed by atoms with Crippen molar-refractivity contribution in [1.29, 1.82) is 0 Å². The molecule has 0 radical (unpaired) electrons. The Morgan fingerprint density at radius 2 is 0.900 bits per heavy atom. The largest absolute Gasteiger partial charge is 0.495 e. The van der Waals surface area contributed by atoms with Crippen LogP contribution >= 0.6 is 31.9 Å². The van der Waals surface area contributed by atoms with Gasteiger partial charge < -0.3 is 9.47 Å². The standard InChI is InChI=1S/C34H34Br2N2O2/c1-33(2,3)21-15-23(31(39-7)25(35)17-21)27-13-11-19-9-10-20-12-14-28(38-30(20)29(19)37-27)24-16-22(34(4,5)6)18-26(36)32(24)40-8/h9-18H,1-8H3. The van der Waals surface area contributed by atoms with E-state index in [1.165, 1.54) is 11.1 Å². The summed E-state index contributed by atoms with van der Waals surface area (Å²) in [5, 5.41) is 2.06. The van der Waals surface area contributed by atoms with E-state index in [4.69, 9.17) is 19.4 Å². The maximum Gasteiger partial charge on any atom is 0.142 e. The van der Waals surface area contributed by atoms with Gasteiger partial charge in [-0.25, -0.2) is 9.97 Å². The maximum absolute atomic E-state index is 5.83. The molecule has 0 spiro atoms. The van der Waals surface area contributed by atoms with Gasteiger partial charge in [-0.2, -0.15) is 0 Å². The number of hydrogen-bond donors (Lipinski definition) is 0. The summed E-state index contributed by atoms with van der Waals surface area (Å²) in [6.07, 6.45) is 0. The van der Waals surface area contributed by atoms with E-state index in [-0.39, 0.29) is 10.8 Å². The molecule has 0 aliphatic rings. The first-order valence-corrected chi connectivity index (χ1v) is 14.9. The van der Waals surface area contributed by atoms with E-state index in [0.29, 0.717) is 0 Å².